The molecule has 0 aromatic carbocycles. The normalized spacial score (nSPS) is 36.4. The van der Waals surface area contributed by atoms with Gasteiger partial charge in [-0.05, 0) is 19.3 Å². The first-order valence-electron chi connectivity index (χ1n) is 6.45. The zero-order chi connectivity index (χ0) is 10.1. The monoisotopic (exact) mass is 210 g/mol. The summed E-state index contributed by atoms with van der Waals surface area (Å²) in [6.45, 7) is 5.60. The van der Waals surface area contributed by atoms with Gasteiger partial charge in [0, 0.05) is 37.8 Å². The van der Waals surface area contributed by atoms with Crippen molar-refractivity contribution in [1.29, 1.82) is 0 Å². The standard InChI is InChI=1S/C12H22N2O/c1-2-5-12(4-1)10-14(7-6-13-12)11-3-8-15-9-11/h11,13H,1-10H2. The van der Waals surface area contributed by atoms with Crippen LogP contribution in [0.1, 0.15) is 32.1 Å². The summed E-state index contributed by atoms with van der Waals surface area (Å²) in [5, 5.41) is 3.77. The molecule has 1 aliphatic carbocycles. The lowest BCUT2D eigenvalue weighted by Crippen LogP contribution is -2.61. The summed E-state index contributed by atoms with van der Waals surface area (Å²) in [5.74, 6) is 0. The molecule has 3 nitrogen and oxygen atoms in total. The number of piperazine rings is 1. The van der Waals surface area contributed by atoms with E-state index in [1.54, 1.807) is 0 Å². The van der Waals surface area contributed by atoms with Crippen LogP contribution in [-0.4, -0.2) is 49.3 Å². The molecule has 2 heterocycles. The lowest BCUT2D eigenvalue weighted by atomic mass is 9.93. The zero-order valence-corrected chi connectivity index (χ0v) is 9.50. The van der Waals surface area contributed by atoms with Crippen LogP contribution in [0.5, 0.6) is 0 Å². The Morgan fingerprint density at radius 3 is 2.87 bits per heavy atom. The molecule has 2 saturated heterocycles. The van der Waals surface area contributed by atoms with Crippen molar-refractivity contribution in [3.05, 3.63) is 0 Å². The maximum absolute atomic E-state index is 5.50. The van der Waals surface area contributed by atoms with Gasteiger partial charge in [0.15, 0.2) is 0 Å². The Morgan fingerprint density at radius 1 is 1.27 bits per heavy atom. The Morgan fingerprint density at radius 2 is 2.13 bits per heavy atom. The highest BCUT2D eigenvalue weighted by Crippen LogP contribution is 2.33. The summed E-state index contributed by atoms with van der Waals surface area (Å²) in [5.41, 5.74) is 0.473. The van der Waals surface area contributed by atoms with E-state index in [0.29, 0.717) is 11.6 Å². The Bertz CT molecular complexity index is 220. The summed E-state index contributed by atoms with van der Waals surface area (Å²) in [7, 11) is 0. The lowest BCUT2D eigenvalue weighted by molar-refractivity contribution is 0.0821. The first-order valence-corrected chi connectivity index (χ1v) is 6.45. The van der Waals surface area contributed by atoms with Gasteiger partial charge in [-0.15, -0.1) is 0 Å². The second-order valence-corrected chi connectivity index (χ2v) is 5.40. The highest BCUT2D eigenvalue weighted by atomic mass is 16.5. The molecule has 1 saturated carbocycles. The first-order chi connectivity index (χ1) is 7.38. The number of ether oxygens (including phenoxy) is 1. The summed E-state index contributed by atoms with van der Waals surface area (Å²) < 4.78 is 5.50. The van der Waals surface area contributed by atoms with Crippen molar-refractivity contribution in [2.24, 2.45) is 0 Å². The van der Waals surface area contributed by atoms with Crippen molar-refractivity contribution >= 4 is 0 Å². The Hall–Kier alpha value is -0.120. The third-order valence-electron chi connectivity index (χ3n) is 4.39. The first kappa shape index (κ1) is 10.1. The van der Waals surface area contributed by atoms with E-state index in [-0.39, 0.29) is 0 Å². The van der Waals surface area contributed by atoms with Crippen molar-refractivity contribution < 1.29 is 4.74 Å². The van der Waals surface area contributed by atoms with E-state index in [1.165, 1.54) is 51.7 Å². The molecule has 0 bridgehead atoms. The summed E-state index contributed by atoms with van der Waals surface area (Å²) >= 11 is 0. The number of hydrogen-bond acceptors (Lipinski definition) is 3. The van der Waals surface area contributed by atoms with E-state index in [9.17, 15) is 0 Å². The topological polar surface area (TPSA) is 24.5 Å². The molecule has 3 heteroatoms. The van der Waals surface area contributed by atoms with Crippen LogP contribution in [0, 0.1) is 0 Å². The molecular formula is C12H22N2O. The van der Waals surface area contributed by atoms with E-state index < -0.39 is 0 Å². The maximum Gasteiger partial charge on any atom is 0.0622 e. The molecule has 1 atom stereocenters. The summed E-state index contributed by atoms with van der Waals surface area (Å²) in [6.07, 6.45) is 6.86. The van der Waals surface area contributed by atoms with Crippen LogP contribution in [0.25, 0.3) is 0 Å². The number of nitrogens with zero attached hydrogens (tertiary/aromatic N) is 1. The van der Waals surface area contributed by atoms with Gasteiger partial charge in [-0.25, -0.2) is 0 Å². The van der Waals surface area contributed by atoms with Gasteiger partial charge in [0.05, 0.1) is 6.61 Å². The Balaban J connectivity index is 1.65. The number of hydrogen-bond donors (Lipinski definition) is 1. The van der Waals surface area contributed by atoms with Crippen molar-refractivity contribution in [1.82, 2.24) is 10.2 Å². The summed E-state index contributed by atoms with van der Waals surface area (Å²) in [6, 6.07) is 0.713. The van der Waals surface area contributed by atoms with Gasteiger partial charge in [-0.3, -0.25) is 4.90 Å². The van der Waals surface area contributed by atoms with Crippen molar-refractivity contribution in [3.63, 3.8) is 0 Å². The average molecular weight is 210 g/mol. The van der Waals surface area contributed by atoms with E-state index >= 15 is 0 Å². The number of rotatable bonds is 1. The largest absolute Gasteiger partial charge is 0.380 e. The highest BCUT2D eigenvalue weighted by Gasteiger charge is 2.39. The average Bonchev–Trinajstić information content (AvgIpc) is 2.89. The van der Waals surface area contributed by atoms with Gasteiger partial charge in [0.1, 0.15) is 0 Å². The Kier molecular flexibility index (Phi) is 2.71. The van der Waals surface area contributed by atoms with Crippen LogP contribution in [0.4, 0.5) is 0 Å². The van der Waals surface area contributed by atoms with Gasteiger partial charge in [0.25, 0.3) is 0 Å². The van der Waals surface area contributed by atoms with Gasteiger partial charge < -0.3 is 10.1 Å². The van der Waals surface area contributed by atoms with Crippen LogP contribution < -0.4 is 5.32 Å². The lowest BCUT2D eigenvalue weighted by Gasteiger charge is -2.43. The van der Waals surface area contributed by atoms with E-state index in [1.807, 2.05) is 0 Å². The molecule has 3 rings (SSSR count). The SMILES string of the molecule is C1CCC2(C1)CN(C1CCOC1)CCN2. The van der Waals surface area contributed by atoms with Crippen molar-refractivity contribution in [2.75, 3.05) is 32.8 Å². The zero-order valence-electron chi connectivity index (χ0n) is 9.50. The molecule has 0 aromatic rings. The quantitative estimate of drug-likeness (QED) is 0.698. The minimum absolute atomic E-state index is 0.473. The van der Waals surface area contributed by atoms with Crippen LogP contribution in [0.3, 0.4) is 0 Å². The van der Waals surface area contributed by atoms with Gasteiger partial charge in [0.2, 0.25) is 0 Å². The summed E-state index contributed by atoms with van der Waals surface area (Å²) in [4.78, 5) is 2.68. The third kappa shape index (κ3) is 1.93. The smallest absolute Gasteiger partial charge is 0.0622 e. The highest BCUT2D eigenvalue weighted by molar-refractivity contribution is 4.99. The van der Waals surface area contributed by atoms with E-state index in [2.05, 4.69) is 10.2 Å². The molecule has 2 aliphatic heterocycles. The third-order valence-corrected chi connectivity index (χ3v) is 4.39. The van der Waals surface area contributed by atoms with Crippen molar-refractivity contribution in [2.45, 2.75) is 43.7 Å². The molecule has 0 aromatic heterocycles. The fourth-order valence-corrected chi connectivity index (χ4v) is 3.50. The molecule has 86 valence electrons. The minimum atomic E-state index is 0.473. The molecule has 1 N–H and O–H groups in total. The van der Waals surface area contributed by atoms with Gasteiger partial charge >= 0.3 is 0 Å². The number of nitrogens with one attached hydrogen (secondary N) is 1. The molecule has 3 aliphatic rings. The minimum Gasteiger partial charge on any atom is -0.380 e. The fraction of sp³-hybridized carbons (Fsp3) is 1.00. The molecule has 0 radical (unpaired) electrons. The van der Waals surface area contributed by atoms with Crippen LogP contribution >= 0.6 is 0 Å². The molecular weight excluding hydrogens is 188 g/mol. The van der Waals surface area contributed by atoms with Crippen molar-refractivity contribution in [3.8, 4) is 0 Å². The predicted molar refractivity (Wildman–Crippen MR) is 60.0 cm³/mol. The Labute approximate surface area is 92.2 Å². The molecule has 15 heavy (non-hydrogen) atoms. The van der Waals surface area contributed by atoms with Gasteiger partial charge in [-0.1, -0.05) is 12.8 Å². The molecule has 1 unspecified atom stereocenters. The molecule has 1 spiro atoms. The predicted octanol–water partition coefficient (Wildman–Crippen LogP) is 0.993. The molecule has 3 fully saturated rings. The van der Waals surface area contributed by atoms with Crippen LogP contribution in [-0.2, 0) is 4.74 Å². The van der Waals surface area contributed by atoms with Gasteiger partial charge in [-0.2, -0.15) is 0 Å². The van der Waals surface area contributed by atoms with Crippen LogP contribution in [0.15, 0.2) is 0 Å². The van der Waals surface area contributed by atoms with E-state index in [0.717, 1.165) is 13.2 Å². The second kappa shape index (κ2) is 4.04. The fourth-order valence-electron chi connectivity index (χ4n) is 3.50. The van der Waals surface area contributed by atoms with E-state index in [4.69, 9.17) is 4.74 Å². The maximum atomic E-state index is 5.50. The molecule has 0 amide bonds. The second-order valence-electron chi connectivity index (χ2n) is 5.40. The van der Waals surface area contributed by atoms with Crippen LogP contribution in [0.2, 0.25) is 0 Å².